The summed E-state index contributed by atoms with van der Waals surface area (Å²) < 4.78 is 16.2. The summed E-state index contributed by atoms with van der Waals surface area (Å²) in [5.74, 6) is 0.543. The van der Waals surface area contributed by atoms with Crippen LogP contribution in [0.15, 0.2) is 48.0 Å². The van der Waals surface area contributed by atoms with Crippen LogP contribution in [-0.2, 0) is 16.0 Å². The SMILES string of the molecule is CCOc1ccc(CCC(=O)Oc2ccc(/C=C(\C#N)C(=O)NC(C)C)cc2OC)cc1. The number of methoxy groups -OCH3 is 1. The Kier molecular flexibility index (Phi) is 9.30. The second-order valence-electron chi connectivity index (χ2n) is 7.26. The number of benzene rings is 2. The Morgan fingerprint density at radius 2 is 1.84 bits per heavy atom. The summed E-state index contributed by atoms with van der Waals surface area (Å²) in [5.41, 5.74) is 1.55. The highest BCUT2D eigenvalue weighted by Gasteiger charge is 2.13. The molecule has 0 aliphatic carbocycles. The fraction of sp³-hybridized carbons (Fsp3) is 0.320. The molecule has 0 atom stereocenters. The van der Waals surface area contributed by atoms with Crippen LogP contribution in [0.25, 0.3) is 6.08 Å². The van der Waals surface area contributed by atoms with Crippen LogP contribution in [0, 0.1) is 11.3 Å². The molecule has 1 N–H and O–H groups in total. The third-order valence-corrected chi connectivity index (χ3v) is 4.36. The highest BCUT2D eigenvalue weighted by atomic mass is 16.6. The van der Waals surface area contributed by atoms with Gasteiger partial charge in [-0.1, -0.05) is 18.2 Å². The Labute approximate surface area is 188 Å². The number of rotatable bonds is 10. The lowest BCUT2D eigenvalue weighted by Crippen LogP contribution is -2.30. The molecule has 0 saturated carbocycles. The van der Waals surface area contributed by atoms with Crippen molar-refractivity contribution in [2.75, 3.05) is 13.7 Å². The van der Waals surface area contributed by atoms with E-state index in [2.05, 4.69) is 5.32 Å². The molecule has 0 radical (unpaired) electrons. The monoisotopic (exact) mass is 436 g/mol. The predicted octanol–water partition coefficient (Wildman–Crippen LogP) is 4.06. The first-order chi connectivity index (χ1) is 15.4. The second-order valence-corrected chi connectivity index (χ2v) is 7.26. The molecule has 0 spiro atoms. The topological polar surface area (TPSA) is 97.7 Å². The molecule has 32 heavy (non-hydrogen) atoms. The maximum absolute atomic E-state index is 12.3. The highest BCUT2D eigenvalue weighted by Crippen LogP contribution is 2.29. The van der Waals surface area contributed by atoms with Crippen molar-refractivity contribution in [2.24, 2.45) is 0 Å². The van der Waals surface area contributed by atoms with Crippen molar-refractivity contribution in [1.29, 1.82) is 5.26 Å². The maximum atomic E-state index is 12.3. The van der Waals surface area contributed by atoms with E-state index >= 15 is 0 Å². The molecule has 0 heterocycles. The van der Waals surface area contributed by atoms with Crippen molar-refractivity contribution in [3.05, 3.63) is 59.2 Å². The van der Waals surface area contributed by atoms with Crippen LogP contribution in [-0.4, -0.2) is 31.6 Å². The van der Waals surface area contributed by atoms with Crippen LogP contribution in [0.1, 0.15) is 38.3 Å². The predicted molar refractivity (Wildman–Crippen MR) is 121 cm³/mol. The Bertz CT molecular complexity index is 1000. The van der Waals surface area contributed by atoms with Gasteiger partial charge in [-0.05, 0) is 68.7 Å². The van der Waals surface area contributed by atoms with Gasteiger partial charge in [0.05, 0.1) is 13.7 Å². The molecule has 0 bridgehead atoms. The van der Waals surface area contributed by atoms with Gasteiger partial charge in [-0.2, -0.15) is 5.26 Å². The minimum atomic E-state index is -0.453. The van der Waals surface area contributed by atoms with Crippen LogP contribution in [0.3, 0.4) is 0 Å². The van der Waals surface area contributed by atoms with E-state index in [-0.39, 0.29) is 23.8 Å². The molecule has 7 nitrogen and oxygen atoms in total. The summed E-state index contributed by atoms with van der Waals surface area (Å²) in [6.07, 6.45) is 2.19. The Balaban J connectivity index is 2.04. The Morgan fingerprint density at radius 3 is 2.44 bits per heavy atom. The van der Waals surface area contributed by atoms with Crippen molar-refractivity contribution in [3.63, 3.8) is 0 Å². The lowest BCUT2D eigenvalue weighted by molar-refractivity contribution is -0.134. The summed E-state index contributed by atoms with van der Waals surface area (Å²) in [4.78, 5) is 24.4. The number of aryl methyl sites for hydroxylation is 1. The van der Waals surface area contributed by atoms with Gasteiger partial charge in [-0.25, -0.2) is 0 Å². The van der Waals surface area contributed by atoms with Gasteiger partial charge >= 0.3 is 5.97 Å². The second kappa shape index (κ2) is 12.2. The van der Waals surface area contributed by atoms with Crippen LogP contribution >= 0.6 is 0 Å². The highest BCUT2D eigenvalue weighted by molar-refractivity contribution is 6.01. The zero-order valence-corrected chi connectivity index (χ0v) is 18.8. The van der Waals surface area contributed by atoms with E-state index in [0.29, 0.717) is 24.3 Å². The number of nitriles is 1. The van der Waals surface area contributed by atoms with Gasteiger partial charge in [0.15, 0.2) is 11.5 Å². The molecule has 2 rings (SSSR count). The smallest absolute Gasteiger partial charge is 0.311 e. The quantitative estimate of drug-likeness (QED) is 0.261. The first-order valence-electron chi connectivity index (χ1n) is 10.4. The van der Waals surface area contributed by atoms with Gasteiger partial charge in [0.2, 0.25) is 0 Å². The van der Waals surface area contributed by atoms with E-state index in [1.54, 1.807) is 18.2 Å². The van der Waals surface area contributed by atoms with Crippen molar-refractivity contribution >= 4 is 18.0 Å². The van der Waals surface area contributed by atoms with Crippen LogP contribution in [0.5, 0.6) is 17.2 Å². The number of nitrogens with one attached hydrogen (secondary N) is 1. The molecule has 0 unspecified atom stereocenters. The van der Waals surface area contributed by atoms with E-state index in [9.17, 15) is 14.9 Å². The lowest BCUT2D eigenvalue weighted by Gasteiger charge is -2.11. The molecular weight excluding hydrogens is 408 g/mol. The van der Waals surface area contributed by atoms with Crippen LogP contribution in [0.4, 0.5) is 0 Å². The van der Waals surface area contributed by atoms with Crippen molar-refractivity contribution < 1.29 is 23.8 Å². The molecule has 7 heteroatoms. The number of hydrogen-bond acceptors (Lipinski definition) is 6. The standard InChI is InChI=1S/C25H28N2O5/c1-5-31-21-10-6-18(7-11-21)9-13-24(28)32-22-12-8-19(15-23(22)30-4)14-20(16-26)25(29)27-17(2)3/h6-8,10-12,14-15,17H,5,9,13H2,1-4H3,(H,27,29)/b20-14+. The molecule has 0 saturated heterocycles. The molecule has 2 aromatic rings. The average Bonchev–Trinajstić information content (AvgIpc) is 2.77. The summed E-state index contributed by atoms with van der Waals surface area (Å²) >= 11 is 0. The van der Waals surface area contributed by atoms with E-state index in [1.165, 1.54) is 13.2 Å². The number of esters is 1. The van der Waals surface area contributed by atoms with E-state index in [4.69, 9.17) is 14.2 Å². The van der Waals surface area contributed by atoms with Crippen molar-refractivity contribution in [3.8, 4) is 23.3 Å². The maximum Gasteiger partial charge on any atom is 0.311 e. The van der Waals surface area contributed by atoms with E-state index < -0.39 is 11.9 Å². The molecule has 0 aliphatic heterocycles. The Morgan fingerprint density at radius 1 is 1.12 bits per heavy atom. The molecule has 1 amide bonds. The third kappa shape index (κ3) is 7.47. The van der Waals surface area contributed by atoms with Crippen molar-refractivity contribution in [2.45, 2.75) is 39.7 Å². The minimum absolute atomic E-state index is 0.0270. The fourth-order valence-corrected chi connectivity index (χ4v) is 2.85. The van der Waals surface area contributed by atoms with Gasteiger partial charge < -0.3 is 19.5 Å². The largest absolute Gasteiger partial charge is 0.494 e. The third-order valence-electron chi connectivity index (χ3n) is 4.36. The number of hydrogen-bond donors (Lipinski definition) is 1. The van der Waals surface area contributed by atoms with Crippen LogP contribution in [0.2, 0.25) is 0 Å². The number of nitrogens with zero attached hydrogens (tertiary/aromatic N) is 1. The van der Waals surface area contributed by atoms with Gasteiger partial charge in [0.25, 0.3) is 5.91 Å². The normalized spacial score (nSPS) is 10.9. The number of carbonyl (C=O) groups is 2. The Hall–Kier alpha value is -3.79. The molecule has 0 aromatic heterocycles. The fourth-order valence-electron chi connectivity index (χ4n) is 2.85. The molecule has 0 aliphatic rings. The first kappa shape index (κ1) is 24.5. The number of carbonyl (C=O) groups excluding carboxylic acids is 2. The summed E-state index contributed by atoms with van der Waals surface area (Å²) in [6, 6.07) is 14.2. The zero-order valence-electron chi connectivity index (χ0n) is 18.8. The minimum Gasteiger partial charge on any atom is -0.494 e. The molecular formula is C25H28N2O5. The number of ether oxygens (including phenoxy) is 3. The van der Waals surface area contributed by atoms with Gasteiger partial charge in [0.1, 0.15) is 17.4 Å². The zero-order chi connectivity index (χ0) is 23.5. The summed E-state index contributed by atoms with van der Waals surface area (Å²) in [7, 11) is 1.46. The van der Waals surface area contributed by atoms with E-state index in [0.717, 1.165) is 11.3 Å². The summed E-state index contributed by atoms with van der Waals surface area (Å²) in [6.45, 7) is 6.15. The van der Waals surface area contributed by atoms with Crippen LogP contribution < -0.4 is 19.5 Å². The summed E-state index contributed by atoms with van der Waals surface area (Å²) in [5, 5.41) is 12.0. The van der Waals surface area contributed by atoms with E-state index in [1.807, 2.05) is 51.1 Å². The lowest BCUT2D eigenvalue weighted by atomic mass is 10.1. The van der Waals surface area contributed by atoms with Gasteiger partial charge in [-0.3, -0.25) is 9.59 Å². The molecule has 2 aromatic carbocycles. The number of amides is 1. The average molecular weight is 437 g/mol. The molecule has 0 fully saturated rings. The van der Waals surface area contributed by atoms with Crippen molar-refractivity contribution in [1.82, 2.24) is 5.32 Å². The molecule has 168 valence electrons. The van der Waals surface area contributed by atoms with Gasteiger partial charge in [-0.15, -0.1) is 0 Å². The first-order valence-corrected chi connectivity index (χ1v) is 10.4. The van der Waals surface area contributed by atoms with Gasteiger partial charge in [0, 0.05) is 12.5 Å².